The van der Waals surface area contributed by atoms with Gasteiger partial charge in [-0.2, -0.15) is 0 Å². The Bertz CT molecular complexity index is 908. The number of methoxy groups -OCH3 is 1. The van der Waals surface area contributed by atoms with E-state index < -0.39 is 18.0 Å². The van der Waals surface area contributed by atoms with Crippen molar-refractivity contribution in [3.8, 4) is 11.5 Å². The van der Waals surface area contributed by atoms with Crippen LogP contribution in [0, 0.1) is 5.92 Å². The van der Waals surface area contributed by atoms with Crippen molar-refractivity contribution >= 4 is 17.6 Å². The molecule has 7 heteroatoms. The fourth-order valence-corrected chi connectivity index (χ4v) is 3.22. The van der Waals surface area contributed by atoms with Crippen LogP contribution >= 0.6 is 0 Å². The van der Waals surface area contributed by atoms with Crippen LogP contribution in [0.2, 0.25) is 0 Å². The van der Waals surface area contributed by atoms with Gasteiger partial charge in [0, 0.05) is 11.4 Å². The van der Waals surface area contributed by atoms with Crippen molar-refractivity contribution in [1.29, 1.82) is 0 Å². The molecule has 2 aromatic rings. The van der Waals surface area contributed by atoms with Crippen LogP contribution in [0.25, 0.3) is 0 Å². The highest BCUT2D eigenvalue weighted by atomic mass is 16.5. The van der Waals surface area contributed by atoms with Gasteiger partial charge < -0.3 is 25.8 Å². The number of benzene rings is 2. The monoisotopic (exact) mass is 381 g/mol. The maximum absolute atomic E-state index is 13.0. The van der Waals surface area contributed by atoms with E-state index in [4.69, 9.17) is 4.74 Å². The molecule has 1 aliphatic rings. The Balaban J connectivity index is 1.88. The molecular formula is C21H23N3O4. The summed E-state index contributed by atoms with van der Waals surface area (Å²) >= 11 is 0. The number of hydrogen-bond donors (Lipinski definition) is 4. The van der Waals surface area contributed by atoms with Crippen molar-refractivity contribution in [1.82, 2.24) is 10.6 Å². The van der Waals surface area contributed by atoms with Crippen LogP contribution in [0.1, 0.15) is 24.1 Å². The molecule has 4 N–H and O–H groups in total. The molecule has 3 rings (SSSR count). The number of phenols is 1. The molecule has 0 saturated carbocycles. The second-order valence-electron chi connectivity index (χ2n) is 6.55. The van der Waals surface area contributed by atoms with Gasteiger partial charge in [0.15, 0.2) is 11.5 Å². The molecule has 0 aromatic heterocycles. The minimum Gasteiger partial charge on any atom is -0.504 e. The molecule has 0 aliphatic carbocycles. The smallest absolute Gasteiger partial charge is 0.319 e. The number of ether oxygens (including phenoxy) is 1. The molecule has 28 heavy (non-hydrogen) atoms. The first kappa shape index (κ1) is 19.3. The topological polar surface area (TPSA) is 99.7 Å². The van der Waals surface area contributed by atoms with Gasteiger partial charge in [-0.3, -0.25) is 4.79 Å². The predicted octanol–water partition coefficient (Wildman–Crippen LogP) is 3.09. The van der Waals surface area contributed by atoms with Gasteiger partial charge in [-0.1, -0.05) is 31.7 Å². The normalized spacial score (nSPS) is 18.8. The highest BCUT2D eigenvalue weighted by molar-refractivity contribution is 5.97. The molecule has 0 bridgehead atoms. The first-order valence-corrected chi connectivity index (χ1v) is 8.96. The summed E-state index contributed by atoms with van der Waals surface area (Å²) in [6.07, 6.45) is 0.909. The zero-order chi connectivity index (χ0) is 20.3. The summed E-state index contributed by atoms with van der Waals surface area (Å²) in [5.41, 5.74) is 2.67. The fraction of sp³-hybridized carbons (Fsp3) is 0.238. The van der Waals surface area contributed by atoms with Gasteiger partial charge >= 0.3 is 6.03 Å². The quantitative estimate of drug-likeness (QED) is 0.639. The van der Waals surface area contributed by atoms with Crippen LogP contribution in [0.4, 0.5) is 10.5 Å². The third-order valence-electron chi connectivity index (χ3n) is 4.74. The van der Waals surface area contributed by atoms with E-state index in [2.05, 4.69) is 29.5 Å². The molecular weight excluding hydrogens is 358 g/mol. The standard InChI is InChI=1S/C21H23N3O4/c1-4-13-5-8-15(9-6-13)23-20(26)18-12(2)22-21(27)24-19(18)14-7-10-17(28-3)16(25)11-14/h5-11,18-19,25H,2,4H2,1,3H3,(H,23,26)(H2,22,24,27)/t18-,19+/m1/s1. The molecule has 0 spiro atoms. The van der Waals surface area contributed by atoms with Crippen LogP contribution in [0.15, 0.2) is 54.7 Å². The van der Waals surface area contributed by atoms with E-state index in [0.717, 1.165) is 6.42 Å². The van der Waals surface area contributed by atoms with Crippen LogP contribution < -0.4 is 20.7 Å². The summed E-state index contributed by atoms with van der Waals surface area (Å²) in [6.45, 7) is 5.91. The van der Waals surface area contributed by atoms with E-state index in [0.29, 0.717) is 17.0 Å². The Hall–Kier alpha value is -3.48. The van der Waals surface area contributed by atoms with Crippen molar-refractivity contribution in [2.75, 3.05) is 12.4 Å². The summed E-state index contributed by atoms with van der Waals surface area (Å²) in [5.74, 6) is -0.856. The molecule has 2 atom stereocenters. The average Bonchev–Trinajstić information content (AvgIpc) is 2.67. The van der Waals surface area contributed by atoms with E-state index in [-0.39, 0.29) is 17.4 Å². The fourth-order valence-electron chi connectivity index (χ4n) is 3.22. The highest BCUT2D eigenvalue weighted by Gasteiger charge is 2.38. The number of anilines is 1. The maximum atomic E-state index is 13.0. The van der Waals surface area contributed by atoms with E-state index in [9.17, 15) is 14.7 Å². The van der Waals surface area contributed by atoms with Gasteiger partial charge in [0.25, 0.3) is 0 Å². The number of aryl methyl sites for hydroxylation is 1. The van der Waals surface area contributed by atoms with Crippen LogP contribution in [0.3, 0.4) is 0 Å². The number of carbonyl (C=O) groups excluding carboxylic acids is 2. The van der Waals surface area contributed by atoms with E-state index in [1.165, 1.54) is 18.7 Å². The van der Waals surface area contributed by atoms with E-state index in [1.54, 1.807) is 12.1 Å². The number of rotatable bonds is 5. The van der Waals surface area contributed by atoms with Gasteiger partial charge in [-0.25, -0.2) is 4.79 Å². The summed E-state index contributed by atoms with van der Waals surface area (Å²) in [4.78, 5) is 24.9. The number of nitrogens with one attached hydrogen (secondary N) is 3. The number of urea groups is 1. The molecule has 0 unspecified atom stereocenters. The van der Waals surface area contributed by atoms with Gasteiger partial charge in [-0.15, -0.1) is 0 Å². The summed E-state index contributed by atoms with van der Waals surface area (Å²) in [7, 11) is 1.45. The second-order valence-corrected chi connectivity index (χ2v) is 6.55. The maximum Gasteiger partial charge on any atom is 0.319 e. The molecule has 2 aromatic carbocycles. The number of hydrogen-bond acceptors (Lipinski definition) is 4. The van der Waals surface area contributed by atoms with Crippen molar-refractivity contribution in [2.24, 2.45) is 5.92 Å². The lowest BCUT2D eigenvalue weighted by atomic mass is 9.88. The van der Waals surface area contributed by atoms with Crippen molar-refractivity contribution < 1.29 is 19.4 Å². The van der Waals surface area contributed by atoms with Gasteiger partial charge in [0.2, 0.25) is 5.91 Å². The molecule has 146 valence electrons. The largest absolute Gasteiger partial charge is 0.504 e. The highest BCUT2D eigenvalue weighted by Crippen LogP contribution is 2.35. The zero-order valence-corrected chi connectivity index (χ0v) is 15.8. The minimum absolute atomic E-state index is 0.0762. The SMILES string of the molecule is C=C1NC(=O)N[C@@H](c2ccc(OC)c(O)c2)[C@@H]1C(=O)Nc1ccc(CC)cc1. The van der Waals surface area contributed by atoms with Crippen molar-refractivity contribution in [2.45, 2.75) is 19.4 Å². The molecule has 3 amide bonds. The number of phenolic OH excluding ortho intramolecular Hbond substituents is 1. The second kappa shape index (κ2) is 8.04. The van der Waals surface area contributed by atoms with Crippen molar-refractivity contribution in [3.05, 3.63) is 65.9 Å². The molecule has 1 saturated heterocycles. The summed E-state index contributed by atoms with van der Waals surface area (Å²) in [6, 6.07) is 11.2. The lowest BCUT2D eigenvalue weighted by molar-refractivity contribution is -0.119. The minimum atomic E-state index is -0.767. The Labute approximate surface area is 163 Å². The lowest BCUT2D eigenvalue weighted by Gasteiger charge is -2.34. The summed E-state index contributed by atoms with van der Waals surface area (Å²) < 4.78 is 5.06. The lowest BCUT2D eigenvalue weighted by Crippen LogP contribution is -2.51. The molecule has 1 fully saturated rings. The zero-order valence-electron chi connectivity index (χ0n) is 15.8. The van der Waals surface area contributed by atoms with Gasteiger partial charge in [0.05, 0.1) is 13.2 Å². The van der Waals surface area contributed by atoms with E-state index >= 15 is 0 Å². The third kappa shape index (κ3) is 3.93. The average molecular weight is 381 g/mol. The van der Waals surface area contributed by atoms with Gasteiger partial charge in [0.1, 0.15) is 5.92 Å². The summed E-state index contributed by atoms with van der Waals surface area (Å²) in [5, 5.41) is 18.3. The van der Waals surface area contributed by atoms with Crippen LogP contribution in [-0.2, 0) is 11.2 Å². The van der Waals surface area contributed by atoms with E-state index in [1.807, 2.05) is 24.3 Å². The number of amides is 3. The first-order valence-electron chi connectivity index (χ1n) is 8.96. The molecule has 0 radical (unpaired) electrons. The first-order chi connectivity index (χ1) is 13.4. The van der Waals surface area contributed by atoms with Crippen molar-refractivity contribution in [3.63, 3.8) is 0 Å². The Morgan fingerprint density at radius 2 is 1.96 bits per heavy atom. The molecule has 1 aliphatic heterocycles. The van der Waals surface area contributed by atoms with Crippen LogP contribution in [0.5, 0.6) is 11.5 Å². The number of carbonyl (C=O) groups is 2. The van der Waals surface area contributed by atoms with Gasteiger partial charge in [-0.05, 0) is 41.8 Å². The van der Waals surface area contributed by atoms with Crippen LogP contribution in [-0.4, -0.2) is 24.2 Å². The predicted molar refractivity (Wildman–Crippen MR) is 106 cm³/mol. The Morgan fingerprint density at radius 3 is 2.57 bits per heavy atom. The molecule has 1 heterocycles. The third-order valence-corrected chi connectivity index (χ3v) is 4.74. The number of aromatic hydroxyl groups is 1. The molecule has 7 nitrogen and oxygen atoms in total. The Kier molecular flexibility index (Phi) is 5.54. The Morgan fingerprint density at radius 1 is 1.25 bits per heavy atom.